The second kappa shape index (κ2) is 8.59. The van der Waals surface area contributed by atoms with Gasteiger partial charge in [0.25, 0.3) is 5.91 Å². The normalized spacial score (nSPS) is 16.0. The van der Waals surface area contributed by atoms with Crippen LogP contribution in [0.4, 0.5) is 17.1 Å². The van der Waals surface area contributed by atoms with Crippen molar-refractivity contribution in [2.24, 2.45) is 0 Å². The van der Waals surface area contributed by atoms with Crippen LogP contribution in [0.3, 0.4) is 0 Å². The highest BCUT2D eigenvalue weighted by molar-refractivity contribution is 6.20. The number of esters is 1. The lowest BCUT2D eigenvalue weighted by Crippen LogP contribution is -2.28. The molecule has 8 heteroatoms. The summed E-state index contributed by atoms with van der Waals surface area (Å²) in [5.41, 5.74) is 2.56. The number of ether oxygens (including phenoxy) is 1. The number of hydrogen-bond donors (Lipinski definition) is 1. The molecule has 160 valence electrons. The summed E-state index contributed by atoms with van der Waals surface area (Å²) in [5.74, 6) is -1.31. The zero-order valence-electron chi connectivity index (χ0n) is 17.2. The minimum absolute atomic E-state index is 0.205. The Balaban J connectivity index is 1.57. The van der Waals surface area contributed by atoms with Crippen LogP contribution in [0.5, 0.6) is 0 Å². The molecule has 4 rings (SSSR count). The molecule has 31 heavy (non-hydrogen) atoms. The maximum absolute atomic E-state index is 12.9. The van der Waals surface area contributed by atoms with E-state index in [1.165, 1.54) is 7.11 Å². The number of rotatable bonds is 5. The predicted molar refractivity (Wildman–Crippen MR) is 115 cm³/mol. The molecule has 2 aromatic carbocycles. The molecule has 0 bridgehead atoms. The van der Waals surface area contributed by atoms with E-state index in [-0.39, 0.29) is 30.6 Å². The Morgan fingerprint density at radius 3 is 2.13 bits per heavy atom. The monoisotopic (exact) mass is 421 g/mol. The highest BCUT2D eigenvalue weighted by Crippen LogP contribution is 2.31. The van der Waals surface area contributed by atoms with Gasteiger partial charge < -0.3 is 15.0 Å². The lowest BCUT2D eigenvalue weighted by molar-refractivity contribution is -0.121. The van der Waals surface area contributed by atoms with Crippen molar-refractivity contribution in [2.45, 2.75) is 25.7 Å². The first-order valence-electron chi connectivity index (χ1n) is 10.2. The van der Waals surface area contributed by atoms with E-state index in [2.05, 4.69) is 10.2 Å². The molecule has 2 aliphatic rings. The van der Waals surface area contributed by atoms with Crippen molar-refractivity contribution in [3.8, 4) is 0 Å². The van der Waals surface area contributed by atoms with Gasteiger partial charge in [0.1, 0.15) is 0 Å². The van der Waals surface area contributed by atoms with Gasteiger partial charge in [0, 0.05) is 31.5 Å². The van der Waals surface area contributed by atoms with Gasteiger partial charge in [0.15, 0.2) is 0 Å². The number of hydrogen-bond acceptors (Lipinski definition) is 6. The fourth-order valence-corrected chi connectivity index (χ4v) is 3.94. The molecule has 2 saturated heterocycles. The molecule has 0 saturated carbocycles. The molecule has 3 amide bonds. The number of amides is 3. The van der Waals surface area contributed by atoms with Crippen molar-refractivity contribution in [3.63, 3.8) is 0 Å². The molecule has 2 aromatic rings. The largest absolute Gasteiger partial charge is 0.465 e. The molecule has 2 heterocycles. The Morgan fingerprint density at radius 1 is 0.903 bits per heavy atom. The van der Waals surface area contributed by atoms with Crippen molar-refractivity contribution in [3.05, 3.63) is 53.6 Å². The minimum atomic E-state index is -0.479. The van der Waals surface area contributed by atoms with Gasteiger partial charge in [0.2, 0.25) is 11.8 Å². The highest BCUT2D eigenvalue weighted by Gasteiger charge is 2.30. The van der Waals surface area contributed by atoms with Gasteiger partial charge in [0.05, 0.1) is 29.7 Å². The summed E-state index contributed by atoms with van der Waals surface area (Å²) in [4.78, 5) is 52.0. The van der Waals surface area contributed by atoms with Crippen molar-refractivity contribution < 1.29 is 23.9 Å². The van der Waals surface area contributed by atoms with Crippen LogP contribution in [0, 0.1) is 0 Å². The van der Waals surface area contributed by atoms with Gasteiger partial charge in [-0.15, -0.1) is 0 Å². The van der Waals surface area contributed by atoms with Gasteiger partial charge in [-0.3, -0.25) is 19.3 Å². The molecule has 0 unspecified atom stereocenters. The number of carbonyl (C=O) groups is 4. The molecule has 8 nitrogen and oxygen atoms in total. The van der Waals surface area contributed by atoms with Crippen LogP contribution in [0.2, 0.25) is 0 Å². The summed E-state index contributed by atoms with van der Waals surface area (Å²) < 4.78 is 4.80. The number of anilines is 3. The summed E-state index contributed by atoms with van der Waals surface area (Å²) in [5, 5.41) is 2.89. The van der Waals surface area contributed by atoms with E-state index in [0.717, 1.165) is 36.5 Å². The van der Waals surface area contributed by atoms with E-state index in [0.29, 0.717) is 22.5 Å². The second-order valence-corrected chi connectivity index (χ2v) is 7.54. The molecule has 2 fully saturated rings. The van der Waals surface area contributed by atoms with Gasteiger partial charge in [-0.05, 0) is 55.3 Å². The van der Waals surface area contributed by atoms with E-state index >= 15 is 0 Å². The molecular weight excluding hydrogens is 398 g/mol. The predicted octanol–water partition coefficient (Wildman–Crippen LogP) is 2.98. The first kappa shape index (κ1) is 20.6. The van der Waals surface area contributed by atoms with Gasteiger partial charge in [-0.2, -0.15) is 0 Å². The Kier molecular flexibility index (Phi) is 5.70. The topological polar surface area (TPSA) is 96.0 Å². The molecule has 0 aliphatic carbocycles. The molecular formula is C23H23N3O5. The number of nitrogens with zero attached hydrogens (tertiary/aromatic N) is 2. The highest BCUT2D eigenvalue weighted by atomic mass is 16.5. The van der Waals surface area contributed by atoms with Crippen LogP contribution in [0.1, 0.15) is 46.4 Å². The first-order chi connectivity index (χ1) is 15.0. The Labute approximate surface area is 179 Å². The van der Waals surface area contributed by atoms with Crippen LogP contribution in [-0.4, -0.2) is 43.9 Å². The summed E-state index contributed by atoms with van der Waals surface area (Å²) in [7, 11) is 1.31. The number of imide groups is 1. The first-order valence-corrected chi connectivity index (χ1v) is 10.2. The van der Waals surface area contributed by atoms with Crippen LogP contribution < -0.4 is 15.1 Å². The number of benzene rings is 2. The van der Waals surface area contributed by atoms with Crippen molar-refractivity contribution in [2.75, 3.05) is 35.3 Å². The van der Waals surface area contributed by atoms with Gasteiger partial charge in [-0.25, -0.2) is 4.79 Å². The average Bonchev–Trinajstić information content (AvgIpc) is 3.43. The number of nitrogens with one attached hydrogen (secondary N) is 1. The molecule has 0 radical (unpaired) electrons. The van der Waals surface area contributed by atoms with Crippen LogP contribution in [-0.2, 0) is 14.3 Å². The fraction of sp³-hybridized carbons (Fsp3) is 0.304. The smallest absolute Gasteiger partial charge is 0.337 e. The van der Waals surface area contributed by atoms with Crippen molar-refractivity contribution >= 4 is 40.8 Å². The lowest BCUT2D eigenvalue weighted by atomic mass is 10.1. The van der Waals surface area contributed by atoms with Gasteiger partial charge >= 0.3 is 5.97 Å². The summed E-state index contributed by atoms with van der Waals surface area (Å²) >= 11 is 0. The standard InChI is InChI=1S/C23H23N3O5/c1-31-23(30)16-6-9-19(25-12-2-3-13-25)18(14-16)24-22(29)15-4-7-17(8-5-15)26-20(27)10-11-21(26)28/h4-9,14H,2-3,10-13H2,1H3,(H,24,29). The van der Waals surface area contributed by atoms with E-state index in [4.69, 9.17) is 4.74 Å². The van der Waals surface area contributed by atoms with E-state index in [9.17, 15) is 19.2 Å². The maximum atomic E-state index is 12.9. The van der Waals surface area contributed by atoms with Crippen LogP contribution in [0.15, 0.2) is 42.5 Å². The number of carbonyl (C=O) groups excluding carboxylic acids is 4. The third-order valence-electron chi connectivity index (χ3n) is 5.55. The summed E-state index contributed by atoms with van der Waals surface area (Å²) in [6.07, 6.45) is 2.55. The van der Waals surface area contributed by atoms with E-state index < -0.39 is 5.97 Å². The zero-order chi connectivity index (χ0) is 22.0. The zero-order valence-corrected chi connectivity index (χ0v) is 17.2. The summed E-state index contributed by atoms with van der Waals surface area (Å²) in [6.45, 7) is 1.76. The Hall–Kier alpha value is -3.68. The van der Waals surface area contributed by atoms with Crippen molar-refractivity contribution in [1.29, 1.82) is 0 Å². The average molecular weight is 421 g/mol. The van der Waals surface area contributed by atoms with Crippen molar-refractivity contribution in [1.82, 2.24) is 0 Å². The second-order valence-electron chi connectivity index (χ2n) is 7.54. The van der Waals surface area contributed by atoms with Crippen LogP contribution >= 0.6 is 0 Å². The maximum Gasteiger partial charge on any atom is 0.337 e. The Bertz CT molecular complexity index is 1030. The SMILES string of the molecule is COC(=O)c1ccc(N2CCCC2)c(NC(=O)c2ccc(N3C(=O)CCC3=O)cc2)c1. The molecule has 0 atom stereocenters. The molecule has 1 N–H and O–H groups in total. The van der Waals surface area contributed by atoms with E-state index in [1.807, 2.05) is 6.07 Å². The van der Waals surface area contributed by atoms with Crippen LogP contribution in [0.25, 0.3) is 0 Å². The van der Waals surface area contributed by atoms with Gasteiger partial charge in [-0.1, -0.05) is 0 Å². The lowest BCUT2D eigenvalue weighted by Gasteiger charge is -2.22. The third kappa shape index (κ3) is 4.14. The molecule has 2 aliphatic heterocycles. The summed E-state index contributed by atoms with van der Waals surface area (Å²) in [6, 6.07) is 11.4. The Morgan fingerprint density at radius 2 is 1.52 bits per heavy atom. The molecule has 0 spiro atoms. The quantitative estimate of drug-likeness (QED) is 0.589. The number of methoxy groups -OCH3 is 1. The fourth-order valence-electron chi connectivity index (χ4n) is 3.94. The van der Waals surface area contributed by atoms with E-state index in [1.54, 1.807) is 36.4 Å². The third-order valence-corrected chi connectivity index (χ3v) is 5.55. The molecule has 0 aromatic heterocycles. The minimum Gasteiger partial charge on any atom is -0.465 e.